The number of fused-ring (bicyclic) bond motifs is 1. The minimum atomic E-state index is -5.08. The number of carbonyl (C=O) groups is 4. The second-order valence-corrected chi connectivity index (χ2v) is 10.1. The Kier molecular flexibility index (Phi) is 11.7. The van der Waals surface area contributed by atoms with E-state index in [9.17, 15) is 37.7 Å². The van der Waals surface area contributed by atoms with Gasteiger partial charge in [-0.05, 0) is 24.6 Å². The summed E-state index contributed by atoms with van der Waals surface area (Å²) in [6.07, 6.45) is -2.78. The van der Waals surface area contributed by atoms with E-state index in [2.05, 4.69) is 10.4 Å². The van der Waals surface area contributed by atoms with Crippen LogP contribution < -0.4 is 11.1 Å². The van der Waals surface area contributed by atoms with Crippen LogP contribution in [0.4, 0.5) is 18.9 Å². The van der Waals surface area contributed by atoms with Crippen LogP contribution in [0, 0.1) is 15.5 Å². The van der Waals surface area contributed by atoms with Crippen LogP contribution in [0.25, 0.3) is 0 Å². The fourth-order valence-corrected chi connectivity index (χ4v) is 4.43. The van der Waals surface area contributed by atoms with Gasteiger partial charge in [0.1, 0.15) is 18.4 Å². The molecule has 47 heavy (non-hydrogen) atoms. The fraction of sp³-hybridized carbons (Fsp3) is 0.310. The molecule has 0 aliphatic carbocycles. The van der Waals surface area contributed by atoms with Crippen molar-refractivity contribution in [3.63, 3.8) is 0 Å². The Morgan fingerprint density at radius 1 is 1.13 bits per heavy atom. The summed E-state index contributed by atoms with van der Waals surface area (Å²) >= 11 is 0. The van der Waals surface area contributed by atoms with Gasteiger partial charge in [-0.15, -0.1) is 0 Å². The number of non-ortho nitro benzene ring substituents is 1. The van der Waals surface area contributed by atoms with Crippen LogP contribution in [0.1, 0.15) is 39.7 Å². The summed E-state index contributed by atoms with van der Waals surface area (Å²) < 4.78 is 38.2. The molecule has 2 heterocycles. The van der Waals surface area contributed by atoms with Gasteiger partial charge in [-0.25, -0.2) is 4.79 Å². The Hall–Kier alpha value is -5.81. The first-order chi connectivity index (χ1) is 22.1. The van der Waals surface area contributed by atoms with Crippen LogP contribution in [0.15, 0.2) is 54.7 Å². The molecule has 2 aromatic carbocycles. The number of esters is 1. The van der Waals surface area contributed by atoms with Crippen LogP contribution in [0.3, 0.4) is 0 Å². The van der Waals surface area contributed by atoms with Crippen molar-refractivity contribution in [2.24, 2.45) is 5.73 Å². The van der Waals surface area contributed by atoms with Crippen LogP contribution in [0.2, 0.25) is 0 Å². The third-order valence-electron chi connectivity index (χ3n) is 6.70. The van der Waals surface area contributed by atoms with Gasteiger partial charge in [0.25, 0.3) is 11.6 Å². The molecule has 3 aromatic rings. The monoisotopic (exact) mass is 661 g/mol. The lowest BCUT2D eigenvalue weighted by atomic mass is 10.0. The first-order valence-corrected chi connectivity index (χ1v) is 13.9. The first-order valence-electron chi connectivity index (χ1n) is 13.9. The summed E-state index contributed by atoms with van der Waals surface area (Å²) in [4.78, 5) is 59.7. The molecule has 0 radical (unpaired) electrons. The van der Waals surface area contributed by atoms with E-state index in [-0.39, 0.29) is 49.1 Å². The number of nitrogen functional groups attached to an aromatic ring is 1. The van der Waals surface area contributed by atoms with Crippen molar-refractivity contribution in [3.05, 3.63) is 92.8 Å². The molecular formula is C29H30F3N7O8. The number of carboxylic acids is 1. The molecule has 1 aromatic heterocycles. The number of nitrogens with two attached hydrogens (primary N) is 1. The van der Waals surface area contributed by atoms with E-state index in [0.717, 1.165) is 11.3 Å². The predicted octanol–water partition coefficient (Wildman–Crippen LogP) is 2.20. The molecule has 0 unspecified atom stereocenters. The molecule has 2 amide bonds. The number of carbonyl (C=O) groups excluding carboxylic acids is 3. The molecule has 0 bridgehead atoms. The van der Waals surface area contributed by atoms with Crippen molar-refractivity contribution in [2.75, 3.05) is 13.2 Å². The number of amides is 2. The van der Waals surface area contributed by atoms with E-state index in [1.54, 1.807) is 42.3 Å². The largest absolute Gasteiger partial charge is 0.490 e. The standard InChI is InChI=1S/C27H29N7O6.C2HF3O2/c1-2-40-24(35)16-33-15-20-14-32(12-11-22(20)31-33)27(37)23(13-17-3-9-21(10-4-17)34(38)39)30-26(36)19-7-5-18(6-8-19)25(28)29;3-2(4,5)1(6)7/h3-10,15,23H,2,11-14,16H2,1H3,(H3,28,29)(H,30,36);(H,6,7)/t23-;/m0./s1. The SMILES string of the molecule is CCOC(=O)Cn1cc2c(n1)CCN(C(=O)[C@H](Cc1ccc([N+](=O)[O-])cc1)NC(=O)c1ccc(C(=N)N)cc1)C2.O=C(O)C(F)(F)F. The number of amidine groups is 1. The molecule has 1 atom stereocenters. The number of nitrogens with one attached hydrogen (secondary N) is 2. The molecule has 1 aliphatic heterocycles. The highest BCUT2D eigenvalue weighted by molar-refractivity contribution is 5.99. The average molecular weight is 662 g/mol. The van der Waals surface area contributed by atoms with Crippen LogP contribution in [0.5, 0.6) is 0 Å². The number of rotatable bonds is 10. The van der Waals surface area contributed by atoms with E-state index in [0.29, 0.717) is 24.1 Å². The first kappa shape index (κ1) is 35.7. The number of hydrogen-bond acceptors (Lipinski definition) is 9. The zero-order valence-corrected chi connectivity index (χ0v) is 24.8. The fourth-order valence-electron chi connectivity index (χ4n) is 4.43. The number of nitro groups is 1. The highest BCUT2D eigenvalue weighted by atomic mass is 19.4. The van der Waals surface area contributed by atoms with Crippen molar-refractivity contribution in [3.8, 4) is 0 Å². The van der Waals surface area contributed by atoms with Gasteiger partial charge in [-0.3, -0.25) is 34.6 Å². The van der Waals surface area contributed by atoms with Gasteiger partial charge in [-0.1, -0.05) is 24.3 Å². The Labute approximate surface area is 264 Å². The number of aromatic nitrogens is 2. The van der Waals surface area contributed by atoms with E-state index in [1.165, 1.54) is 28.9 Å². The number of alkyl halides is 3. The zero-order valence-electron chi connectivity index (χ0n) is 24.8. The van der Waals surface area contributed by atoms with Gasteiger partial charge in [0, 0.05) is 61.0 Å². The van der Waals surface area contributed by atoms with Crippen molar-refractivity contribution in [2.45, 2.75) is 45.1 Å². The van der Waals surface area contributed by atoms with Gasteiger partial charge >= 0.3 is 18.1 Å². The van der Waals surface area contributed by atoms with Crippen molar-refractivity contribution in [1.29, 1.82) is 5.41 Å². The number of nitro benzene ring substituents is 1. The third kappa shape index (κ3) is 10.1. The van der Waals surface area contributed by atoms with Gasteiger partial charge in [0.15, 0.2) is 0 Å². The van der Waals surface area contributed by atoms with Crippen molar-refractivity contribution in [1.82, 2.24) is 20.0 Å². The molecule has 15 nitrogen and oxygen atoms in total. The van der Waals surface area contributed by atoms with Crippen LogP contribution in [-0.2, 0) is 45.1 Å². The minimum absolute atomic E-state index is 0.0317. The second-order valence-electron chi connectivity index (χ2n) is 10.1. The molecule has 1 aliphatic rings. The van der Waals surface area contributed by atoms with E-state index < -0.39 is 35.0 Å². The van der Waals surface area contributed by atoms with E-state index >= 15 is 0 Å². The summed E-state index contributed by atoms with van der Waals surface area (Å²) in [5.74, 6) is -4.11. The molecule has 18 heteroatoms. The Morgan fingerprint density at radius 3 is 2.26 bits per heavy atom. The smallest absolute Gasteiger partial charge is 0.475 e. The number of nitrogens with zero attached hydrogens (tertiary/aromatic N) is 4. The molecule has 0 saturated carbocycles. The molecular weight excluding hydrogens is 631 g/mol. The topological polar surface area (TPSA) is 224 Å². The lowest BCUT2D eigenvalue weighted by Gasteiger charge is -2.30. The summed E-state index contributed by atoms with van der Waals surface area (Å²) in [7, 11) is 0. The van der Waals surface area contributed by atoms with E-state index in [1.807, 2.05) is 0 Å². The zero-order chi connectivity index (χ0) is 34.9. The number of carboxylic acid groups (broad SMARTS) is 1. The average Bonchev–Trinajstić information content (AvgIpc) is 3.42. The summed E-state index contributed by atoms with van der Waals surface area (Å²) in [6, 6.07) is 11.0. The van der Waals surface area contributed by atoms with Gasteiger partial charge < -0.3 is 25.8 Å². The molecule has 4 rings (SSSR count). The van der Waals surface area contributed by atoms with Crippen molar-refractivity contribution < 1.29 is 47.1 Å². The molecule has 5 N–H and O–H groups in total. The van der Waals surface area contributed by atoms with E-state index in [4.69, 9.17) is 25.8 Å². The Bertz CT molecular complexity index is 1640. The number of aliphatic carboxylic acids is 1. The highest BCUT2D eigenvalue weighted by Crippen LogP contribution is 2.20. The number of halogens is 3. The minimum Gasteiger partial charge on any atom is -0.475 e. The number of ether oxygens (including phenoxy) is 1. The lowest BCUT2D eigenvalue weighted by molar-refractivity contribution is -0.384. The molecule has 250 valence electrons. The van der Waals surface area contributed by atoms with Crippen LogP contribution >= 0.6 is 0 Å². The molecule has 0 saturated heterocycles. The predicted molar refractivity (Wildman–Crippen MR) is 157 cm³/mol. The quantitative estimate of drug-likeness (QED) is 0.0815. The van der Waals surface area contributed by atoms with Crippen LogP contribution in [-0.4, -0.2) is 79.7 Å². The number of hydrogen-bond donors (Lipinski definition) is 4. The summed E-state index contributed by atoms with van der Waals surface area (Å²) in [5.41, 5.74) is 8.38. The third-order valence-corrected chi connectivity index (χ3v) is 6.70. The maximum Gasteiger partial charge on any atom is 0.490 e. The Balaban J connectivity index is 0.000000771. The number of benzene rings is 2. The second kappa shape index (κ2) is 15.5. The summed E-state index contributed by atoms with van der Waals surface area (Å²) in [6.45, 7) is 2.57. The lowest BCUT2D eigenvalue weighted by Crippen LogP contribution is -2.50. The maximum absolute atomic E-state index is 13.7. The Morgan fingerprint density at radius 2 is 1.72 bits per heavy atom. The highest BCUT2D eigenvalue weighted by Gasteiger charge is 2.38. The summed E-state index contributed by atoms with van der Waals surface area (Å²) in [5, 5.41) is 32.9. The van der Waals surface area contributed by atoms with Gasteiger partial charge in [-0.2, -0.15) is 18.3 Å². The van der Waals surface area contributed by atoms with Gasteiger partial charge in [0.05, 0.1) is 17.2 Å². The normalized spacial score (nSPS) is 12.9. The molecule has 0 spiro atoms. The maximum atomic E-state index is 13.7. The van der Waals surface area contributed by atoms with Crippen molar-refractivity contribution >= 4 is 35.3 Å². The molecule has 0 fully saturated rings. The van der Waals surface area contributed by atoms with Gasteiger partial charge in [0.2, 0.25) is 5.91 Å².